The molecule has 0 unspecified atom stereocenters. The van der Waals surface area contributed by atoms with Crippen LogP contribution in [0.25, 0.3) is 0 Å². The summed E-state index contributed by atoms with van der Waals surface area (Å²) in [6.07, 6.45) is 2.38. The van der Waals surface area contributed by atoms with Crippen molar-refractivity contribution in [3.8, 4) is 0 Å². The number of rotatable bonds is 2. The van der Waals surface area contributed by atoms with Crippen LogP contribution in [0.15, 0.2) is 28.9 Å². The highest BCUT2D eigenvalue weighted by Crippen LogP contribution is 2.15. The van der Waals surface area contributed by atoms with Crippen LogP contribution in [0.1, 0.15) is 22.4 Å². The Morgan fingerprint density at radius 2 is 2.13 bits per heavy atom. The van der Waals surface area contributed by atoms with Crippen LogP contribution in [0.3, 0.4) is 0 Å². The molecule has 78 valence electrons. The van der Waals surface area contributed by atoms with Crippen LogP contribution in [0.4, 0.5) is 6.01 Å². The zero-order valence-corrected chi connectivity index (χ0v) is 8.95. The van der Waals surface area contributed by atoms with Gasteiger partial charge in [-0.25, -0.2) is 0 Å². The third-order valence-electron chi connectivity index (χ3n) is 2.44. The van der Waals surface area contributed by atoms with Gasteiger partial charge in [0.15, 0.2) is 0 Å². The quantitative estimate of drug-likeness (QED) is 0.813. The molecule has 1 heterocycles. The SMILES string of the molecule is Cc1ccc(Cc2coc(N)n2)c(C)c1. The fraction of sp³-hybridized carbons (Fsp3) is 0.250. The average molecular weight is 202 g/mol. The number of oxazole rings is 1. The summed E-state index contributed by atoms with van der Waals surface area (Å²) < 4.78 is 4.97. The Balaban J connectivity index is 2.24. The predicted molar refractivity (Wildman–Crippen MR) is 59.6 cm³/mol. The van der Waals surface area contributed by atoms with Crippen molar-refractivity contribution >= 4 is 6.01 Å². The highest BCUT2D eigenvalue weighted by atomic mass is 16.4. The normalized spacial score (nSPS) is 10.5. The smallest absolute Gasteiger partial charge is 0.292 e. The summed E-state index contributed by atoms with van der Waals surface area (Å²) in [5, 5.41) is 0. The topological polar surface area (TPSA) is 52.0 Å². The average Bonchev–Trinajstić information content (AvgIpc) is 2.56. The first-order chi connectivity index (χ1) is 7.15. The standard InChI is InChI=1S/C12H14N2O/c1-8-3-4-10(9(2)5-8)6-11-7-15-12(13)14-11/h3-5,7H,6H2,1-2H3,(H2,13,14). The van der Waals surface area contributed by atoms with Gasteiger partial charge in [-0.3, -0.25) is 0 Å². The molecule has 3 nitrogen and oxygen atoms in total. The van der Waals surface area contributed by atoms with Crippen molar-refractivity contribution in [2.24, 2.45) is 0 Å². The Hall–Kier alpha value is -1.77. The van der Waals surface area contributed by atoms with Crippen molar-refractivity contribution in [2.75, 3.05) is 5.73 Å². The van der Waals surface area contributed by atoms with E-state index in [-0.39, 0.29) is 6.01 Å². The molecule has 0 radical (unpaired) electrons. The van der Waals surface area contributed by atoms with E-state index in [1.165, 1.54) is 16.7 Å². The van der Waals surface area contributed by atoms with Gasteiger partial charge in [0.1, 0.15) is 6.26 Å². The number of nitrogens with two attached hydrogens (primary N) is 1. The fourth-order valence-electron chi connectivity index (χ4n) is 1.64. The van der Waals surface area contributed by atoms with E-state index in [2.05, 4.69) is 37.0 Å². The first kappa shape index (κ1) is 9.77. The minimum absolute atomic E-state index is 0.231. The minimum Gasteiger partial charge on any atom is -0.432 e. The number of hydrogen-bond acceptors (Lipinski definition) is 3. The van der Waals surface area contributed by atoms with Crippen molar-refractivity contribution in [3.63, 3.8) is 0 Å². The van der Waals surface area contributed by atoms with Crippen molar-refractivity contribution in [2.45, 2.75) is 20.3 Å². The maximum absolute atomic E-state index is 5.42. The molecular formula is C12H14N2O. The zero-order chi connectivity index (χ0) is 10.8. The number of aromatic nitrogens is 1. The van der Waals surface area contributed by atoms with Crippen LogP contribution < -0.4 is 5.73 Å². The van der Waals surface area contributed by atoms with Gasteiger partial charge in [0.2, 0.25) is 0 Å². The molecule has 0 saturated heterocycles. The maximum atomic E-state index is 5.42. The predicted octanol–water partition coefficient (Wildman–Crippen LogP) is 2.46. The summed E-state index contributed by atoms with van der Waals surface area (Å²) in [5.41, 5.74) is 10.1. The van der Waals surface area contributed by atoms with Crippen LogP contribution in [-0.4, -0.2) is 4.98 Å². The van der Waals surface area contributed by atoms with Crippen molar-refractivity contribution in [3.05, 3.63) is 46.8 Å². The lowest BCUT2D eigenvalue weighted by atomic mass is 10.0. The first-order valence-corrected chi connectivity index (χ1v) is 4.91. The summed E-state index contributed by atoms with van der Waals surface area (Å²) in [6, 6.07) is 6.62. The molecule has 2 rings (SSSR count). The lowest BCUT2D eigenvalue weighted by Crippen LogP contribution is -1.93. The van der Waals surface area contributed by atoms with Crippen LogP contribution >= 0.6 is 0 Å². The molecule has 0 atom stereocenters. The lowest BCUT2D eigenvalue weighted by molar-refractivity contribution is 0.579. The molecule has 0 saturated carbocycles. The number of hydrogen-bond donors (Lipinski definition) is 1. The highest BCUT2D eigenvalue weighted by molar-refractivity contribution is 5.33. The number of aryl methyl sites for hydroxylation is 2. The highest BCUT2D eigenvalue weighted by Gasteiger charge is 2.04. The van der Waals surface area contributed by atoms with E-state index in [0.717, 1.165) is 12.1 Å². The van der Waals surface area contributed by atoms with Gasteiger partial charge in [-0.05, 0) is 25.0 Å². The van der Waals surface area contributed by atoms with E-state index >= 15 is 0 Å². The summed E-state index contributed by atoms with van der Waals surface area (Å²) >= 11 is 0. The summed E-state index contributed by atoms with van der Waals surface area (Å²) in [6.45, 7) is 4.19. The zero-order valence-electron chi connectivity index (χ0n) is 8.95. The van der Waals surface area contributed by atoms with Gasteiger partial charge in [-0.15, -0.1) is 0 Å². The summed E-state index contributed by atoms with van der Waals surface area (Å²) in [7, 11) is 0. The molecule has 0 bridgehead atoms. The Morgan fingerprint density at radius 3 is 2.73 bits per heavy atom. The van der Waals surface area contributed by atoms with E-state index in [9.17, 15) is 0 Å². The molecule has 0 amide bonds. The van der Waals surface area contributed by atoms with Gasteiger partial charge in [0.25, 0.3) is 6.01 Å². The summed E-state index contributed by atoms with van der Waals surface area (Å²) in [4.78, 5) is 4.08. The molecule has 1 aromatic heterocycles. The molecule has 0 aliphatic heterocycles. The Labute approximate surface area is 88.9 Å². The molecule has 2 N–H and O–H groups in total. The molecule has 3 heteroatoms. The van der Waals surface area contributed by atoms with Gasteiger partial charge in [0, 0.05) is 6.42 Å². The lowest BCUT2D eigenvalue weighted by Gasteiger charge is -2.04. The third kappa shape index (κ3) is 2.18. The number of nitrogen functional groups attached to an aromatic ring is 1. The molecule has 0 spiro atoms. The minimum atomic E-state index is 0.231. The third-order valence-corrected chi connectivity index (χ3v) is 2.44. The molecule has 0 fully saturated rings. The maximum Gasteiger partial charge on any atom is 0.292 e. The van der Waals surface area contributed by atoms with Gasteiger partial charge < -0.3 is 10.2 Å². The van der Waals surface area contributed by atoms with Gasteiger partial charge in [-0.2, -0.15) is 4.98 Å². The van der Waals surface area contributed by atoms with E-state index in [1.807, 2.05) is 0 Å². The molecular weight excluding hydrogens is 188 g/mol. The number of benzene rings is 1. The van der Waals surface area contributed by atoms with Gasteiger partial charge >= 0.3 is 0 Å². The van der Waals surface area contributed by atoms with E-state index in [1.54, 1.807) is 6.26 Å². The van der Waals surface area contributed by atoms with Crippen LogP contribution in [0.2, 0.25) is 0 Å². The van der Waals surface area contributed by atoms with Crippen molar-refractivity contribution in [1.29, 1.82) is 0 Å². The molecule has 0 aliphatic carbocycles. The monoisotopic (exact) mass is 202 g/mol. The second-order valence-corrected chi connectivity index (χ2v) is 3.78. The van der Waals surface area contributed by atoms with E-state index in [0.29, 0.717) is 0 Å². The largest absolute Gasteiger partial charge is 0.432 e. The van der Waals surface area contributed by atoms with Gasteiger partial charge in [0.05, 0.1) is 5.69 Å². The molecule has 1 aromatic carbocycles. The molecule has 0 aliphatic rings. The second kappa shape index (κ2) is 3.77. The molecule has 2 aromatic rings. The molecule has 15 heavy (non-hydrogen) atoms. The van der Waals surface area contributed by atoms with Crippen molar-refractivity contribution in [1.82, 2.24) is 4.98 Å². The Morgan fingerprint density at radius 1 is 1.33 bits per heavy atom. The number of anilines is 1. The van der Waals surface area contributed by atoms with Gasteiger partial charge in [-0.1, -0.05) is 23.8 Å². The van der Waals surface area contributed by atoms with Crippen LogP contribution in [0.5, 0.6) is 0 Å². The summed E-state index contributed by atoms with van der Waals surface area (Å²) in [5.74, 6) is 0. The van der Waals surface area contributed by atoms with E-state index < -0.39 is 0 Å². The van der Waals surface area contributed by atoms with Crippen LogP contribution in [-0.2, 0) is 6.42 Å². The van der Waals surface area contributed by atoms with Crippen molar-refractivity contribution < 1.29 is 4.42 Å². The Bertz CT molecular complexity index is 474. The first-order valence-electron chi connectivity index (χ1n) is 4.91. The van der Waals surface area contributed by atoms with Crippen LogP contribution in [0, 0.1) is 13.8 Å². The fourth-order valence-corrected chi connectivity index (χ4v) is 1.64. The van der Waals surface area contributed by atoms with E-state index in [4.69, 9.17) is 10.2 Å². The Kier molecular flexibility index (Phi) is 2.46. The second-order valence-electron chi connectivity index (χ2n) is 3.78. The number of nitrogens with zero attached hydrogens (tertiary/aromatic N) is 1.